The van der Waals surface area contributed by atoms with E-state index in [0.717, 1.165) is 18.9 Å². The normalized spacial score (nSPS) is 17.7. The van der Waals surface area contributed by atoms with E-state index in [1.165, 1.54) is 16.7 Å². The predicted molar refractivity (Wildman–Crippen MR) is 76.7 cm³/mol. The zero-order valence-electron chi connectivity index (χ0n) is 11.6. The molecule has 0 aliphatic carbocycles. The molecule has 0 saturated carbocycles. The number of benzene rings is 1. The summed E-state index contributed by atoms with van der Waals surface area (Å²) >= 11 is 0. The zero-order valence-corrected chi connectivity index (χ0v) is 11.6. The van der Waals surface area contributed by atoms with Gasteiger partial charge < -0.3 is 10.6 Å². The minimum absolute atomic E-state index is 0.270. The lowest BCUT2D eigenvalue weighted by molar-refractivity contribution is 0.479. The first-order valence-electron chi connectivity index (χ1n) is 6.64. The summed E-state index contributed by atoms with van der Waals surface area (Å²) in [5, 5.41) is 10.8. The number of hydrogen-bond acceptors (Lipinski definition) is 4. The van der Waals surface area contributed by atoms with Crippen molar-refractivity contribution in [3.05, 3.63) is 34.9 Å². The molecule has 1 atom stereocenters. The summed E-state index contributed by atoms with van der Waals surface area (Å²) in [5.74, 6) is 1.51. The Bertz CT molecular complexity index is 602. The lowest BCUT2D eigenvalue weighted by Crippen LogP contribution is -2.25. The Morgan fingerprint density at radius 1 is 1.37 bits per heavy atom. The molecule has 5 heteroatoms. The second kappa shape index (κ2) is 4.57. The van der Waals surface area contributed by atoms with Crippen LogP contribution in [0.1, 0.15) is 29.2 Å². The molecule has 0 fully saturated rings. The summed E-state index contributed by atoms with van der Waals surface area (Å²) in [4.78, 5) is 4.42. The van der Waals surface area contributed by atoms with E-state index in [1.807, 2.05) is 11.7 Å². The third kappa shape index (κ3) is 2.05. The molecule has 3 rings (SSSR count). The van der Waals surface area contributed by atoms with Gasteiger partial charge in [-0.25, -0.2) is 4.68 Å². The number of aromatic nitrogens is 3. The molecule has 5 nitrogen and oxygen atoms in total. The van der Waals surface area contributed by atoms with Gasteiger partial charge in [0.1, 0.15) is 0 Å². The van der Waals surface area contributed by atoms with Gasteiger partial charge in [0.2, 0.25) is 11.9 Å². The van der Waals surface area contributed by atoms with Crippen LogP contribution in [0.5, 0.6) is 0 Å². The number of nitrogens with zero attached hydrogens (tertiary/aromatic N) is 3. The molecular weight excluding hydrogens is 238 g/mol. The molecule has 0 spiro atoms. The van der Waals surface area contributed by atoms with E-state index in [2.05, 4.69) is 52.8 Å². The van der Waals surface area contributed by atoms with Gasteiger partial charge in [-0.1, -0.05) is 23.8 Å². The van der Waals surface area contributed by atoms with E-state index in [0.29, 0.717) is 5.95 Å². The molecule has 2 N–H and O–H groups in total. The second-order valence-corrected chi connectivity index (χ2v) is 5.04. The molecule has 1 aromatic heterocycles. The standard InChI is InChI=1S/C14H19N5/c1-9-4-5-11(10(2)8-9)12-6-7-16-14-17-13(15-3)18-19(12)14/h4-5,8,12H,6-7H2,1-3H3,(H2,15,16,17,18). The number of fused-ring (bicyclic) bond motifs is 1. The lowest BCUT2D eigenvalue weighted by Gasteiger charge is -2.26. The fraction of sp³-hybridized carbons (Fsp3) is 0.429. The molecule has 0 radical (unpaired) electrons. The fourth-order valence-electron chi connectivity index (χ4n) is 2.70. The van der Waals surface area contributed by atoms with Gasteiger partial charge in [0.15, 0.2) is 0 Å². The Morgan fingerprint density at radius 2 is 2.21 bits per heavy atom. The second-order valence-electron chi connectivity index (χ2n) is 5.04. The smallest absolute Gasteiger partial charge is 0.243 e. The van der Waals surface area contributed by atoms with Gasteiger partial charge in [-0.05, 0) is 31.4 Å². The van der Waals surface area contributed by atoms with Crippen LogP contribution in [0.25, 0.3) is 0 Å². The average Bonchev–Trinajstić information content (AvgIpc) is 2.82. The summed E-state index contributed by atoms with van der Waals surface area (Å²) in [6.45, 7) is 5.22. The molecule has 1 aliphatic rings. The van der Waals surface area contributed by atoms with Crippen LogP contribution in [0.15, 0.2) is 18.2 Å². The van der Waals surface area contributed by atoms with Gasteiger partial charge in [0.25, 0.3) is 0 Å². The minimum Gasteiger partial charge on any atom is -0.356 e. The molecule has 1 unspecified atom stereocenters. The van der Waals surface area contributed by atoms with Gasteiger partial charge in [0, 0.05) is 13.6 Å². The van der Waals surface area contributed by atoms with E-state index in [9.17, 15) is 0 Å². The maximum Gasteiger partial charge on any atom is 0.243 e. The highest BCUT2D eigenvalue weighted by molar-refractivity contribution is 5.41. The Morgan fingerprint density at radius 3 is 2.95 bits per heavy atom. The molecule has 1 aromatic carbocycles. The summed E-state index contributed by atoms with van der Waals surface area (Å²) in [6, 6.07) is 6.88. The van der Waals surface area contributed by atoms with Crippen molar-refractivity contribution in [3.8, 4) is 0 Å². The molecule has 2 heterocycles. The Kier molecular flexibility index (Phi) is 2.89. The Labute approximate surface area is 113 Å². The monoisotopic (exact) mass is 257 g/mol. The molecule has 0 amide bonds. The number of anilines is 2. The van der Waals surface area contributed by atoms with E-state index < -0.39 is 0 Å². The lowest BCUT2D eigenvalue weighted by atomic mass is 9.96. The van der Waals surface area contributed by atoms with Crippen molar-refractivity contribution in [2.45, 2.75) is 26.3 Å². The third-order valence-electron chi connectivity index (χ3n) is 3.64. The van der Waals surface area contributed by atoms with Crippen LogP contribution in [0.2, 0.25) is 0 Å². The molecule has 100 valence electrons. The van der Waals surface area contributed by atoms with Crippen molar-refractivity contribution in [1.29, 1.82) is 0 Å². The number of nitrogens with one attached hydrogen (secondary N) is 2. The van der Waals surface area contributed by atoms with Gasteiger partial charge in [0.05, 0.1) is 6.04 Å². The van der Waals surface area contributed by atoms with Crippen LogP contribution in [0.4, 0.5) is 11.9 Å². The van der Waals surface area contributed by atoms with E-state index in [4.69, 9.17) is 0 Å². The van der Waals surface area contributed by atoms with Crippen LogP contribution >= 0.6 is 0 Å². The van der Waals surface area contributed by atoms with E-state index in [1.54, 1.807) is 0 Å². The maximum atomic E-state index is 4.52. The zero-order chi connectivity index (χ0) is 13.4. The number of rotatable bonds is 2. The topological polar surface area (TPSA) is 54.8 Å². The van der Waals surface area contributed by atoms with Crippen molar-refractivity contribution in [3.63, 3.8) is 0 Å². The summed E-state index contributed by atoms with van der Waals surface area (Å²) in [5.41, 5.74) is 3.95. The van der Waals surface area contributed by atoms with Crippen molar-refractivity contribution < 1.29 is 0 Å². The first-order chi connectivity index (χ1) is 9.19. The summed E-state index contributed by atoms with van der Waals surface area (Å²) < 4.78 is 1.99. The van der Waals surface area contributed by atoms with Crippen LogP contribution < -0.4 is 10.6 Å². The first-order valence-corrected chi connectivity index (χ1v) is 6.64. The largest absolute Gasteiger partial charge is 0.356 e. The first kappa shape index (κ1) is 12.0. The SMILES string of the molecule is CNc1nc2n(n1)C(c1ccc(C)cc1C)CCN2. The highest BCUT2D eigenvalue weighted by Gasteiger charge is 2.25. The number of hydrogen-bond donors (Lipinski definition) is 2. The van der Waals surface area contributed by atoms with Crippen LogP contribution in [0.3, 0.4) is 0 Å². The quantitative estimate of drug-likeness (QED) is 0.867. The predicted octanol–water partition coefficient (Wildman–Crippen LogP) is 2.34. The maximum absolute atomic E-state index is 4.52. The molecule has 1 aliphatic heterocycles. The minimum atomic E-state index is 0.270. The van der Waals surface area contributed by atoms with Crippen LogP contribution in [0, 0.1) is 13.8 Å². The molecular formula is C14H19N5. The average molecular weight is 257 g/mol. The third-order valence-corrected chi connectivity index (χ3v) is 3.64. The van der Waals surface area contributed by atoms with Crippen molar-refractivity contribution in [2.24, 2.45) is 0 Å². The summed E-state index contributed by atoms with van der Waals surface area (Å²) in [7, 11) is 1.84. The van der Waals surface area contributed by atoms with Crippen molar-refractivity contribution in [1.82, 2.24) is 14.8 Å². The molecule has 19 heavy (non-hydrogen) atoms. The molecule has 2 aromatic rings. The molecule has 0 saturated heterocycles. The van der Waals surface area contributed by atoms with Gasteiger partial charge in [-0.3, -0.25) is 0 Å². The van der Waals surface area contributed by atoms with Crippen LogP contribution in [-0.4, -0.2) is 28.4 Å². The Balaban J connectivity index is 2.05. The van der Waals surface area contributed by atoms with Crippen LogP contribution in [-0.2, 0) is 0 Å². The highest BCUT2D eigenvalue weighted by Crippen LogP contribution is 2.31. The summed E-state index contributed by atoms with van der Waals surface area (Å²) in [6.07, 6.45) is 1.03. The van der Waals surface area contributed by atoms with Gasteiger partial charge in [-0.2, -0.15) is 4.98 Å². The van der Waals surface area contributed by atoms with Gasteiger partial charge >= 0.3 is 0 Å². The van der Waals surface area contributed by atoms with Crippen molar-refractivity contribution >= 4 is 11.9 Å². The number of aryl methyl sites for hydroxylation is 2. The molecule has 0 bridgehead atoms. The fourth-order valence-corrected chi connectivity index (χ4v) is 2.70. The Hall–Kier alpha value is -2.04. The van der Waals surface area contributed by atoms with Crippen molar-refractivity contribution in [2.75, 3.05) is 24.2 Å². The highest BCUT2D eigenvalue weighted by atomic mass is 15.5. The van der Waals surface area contributed by atoms with E-state index >= 15 is 0 Å². The van der Waals surface area contributed by atoms with E-state index in [-0.39, 0.29) is 6.04 Å². The van der Waals surface area contributed by atoms with Gasteiger partial charge in [-0.15, -0.1) is 5.10 Å².